The first-order valence-corrected chi connectivity index (χ1v) is 5.36. The maximum Gasteiger partial charge on any atom is 0.123 e. The first-order chi connectivity index (χ1) is 6.34. The topological polar surface area (TPSA) is 17.8 Å². The van der Waals surface area contributed by atoms with Crippen molar-refractivity contribution in [2.24, 2.45) is 0 Å². The molecule has 0 unspecified atom stereocenters. The van der Waals surface area contributed by atoms with Crippen LogP contribution in [0.4, 0.5) is 0 Å². The molecule has 0 radical (unpaired) electrons. The zero-order chi connectivity index (χ0) is 9.52. The van der Waals surface area contributed by atoms with Crippen molar-refractivity contribution in [2.75, 3.05) is 0 Å². The molecule has 1 aromatic rings. The molecule has 2 nitrogen and oxygen atoms in total. The minimum atomic E-state index is 0.984. The summed E-state index contributed by atoms with van der Waals surface area (Å²) in [6.07, 6.45) is 11.0. The number of halogens is 1. The van der Waals surface area contributed by atoms with Gasteiger partial charge >= 0.3 is 0 Å². The second kappa shape index (κ2) is 6.03. The Morgan fingerprint density at radius 2 is 2.08 bits per heavy atom. The fourth-order valence-corrected chi connectivity index (χ4v) is 1.56. The maximum atomic E-state index is 5.83. The first kappa shape index (κ1) is 10.6. The van der Waals surface area contributed by atoms with Crippen LogP contribution in [0.3, 0.4) is 0 Å². The SMILES string of the molecule is CCCCCCCc1nccn1Cl. The van der Waals surface area contributed by atoms with Crippen LogP contribution in [0.1, 0.15) is 44.9 Å². The smallest absolute Gasteiger partial charge is 0.123 e. The van der Waals surface area contributed by atoms with Crippen LogP contribution in [0.2, 0.25) is 0 Å². The van der Waals surface area contributed by atoms with Crippen LogP contribution < -0.4 is 0 Å². The third kappa shape index (κ3) is 3.81. The molecule has 0 amide bonds. The van der Waals surface area contributed by atoms with E-state index in [0.717, 1.165) is 12.2 Å². The lowest BCUT2D eigenvalue weighted by Gasteiger charge is -1.99. The highest BCUT2D eigenvalue weighted by atomic mass is 35.5. The van der Waals surface area contributed by atoms with Crippen molar-refractivity contribution in [1.82, 2.24) is 9.07 Å². The Hall–Kier alpha value is -0.500. The highest BCUT2D eigenvalue weighted by Crippen LogP contribution is 2.08. The second-order valence-electron chi connectivity index (χ2n) is 3.32. The largest absolute Gasteiger partial charge is 0.246 e. The van der Waals surface area contributed by atoms with Crippen LogP contribution in [0.15, 0.2) is 12.4 Å². The lowest BCUT2D eigenvalue weighted by molar-refractivity contribution is 0.622. The molecule has 1 aromatic heterocycles. The summed E-state index contributed by atoms with van der Waals surface area (Å²) in [5, 5.41) is 0. The summed E-state index contributed by atoms with van der Waals surface area (Å²) in [7, 11) is 0. The summed E-state index contributed by atoms with van der Waals surface area (Å²) in [6, 6.07) is 0. The summed E-state index contributed by atoms with van der Waals surface area (Å²) in [4.78, 5) is 4.16. The van der Waals surface area contributed by atoms with Gasteiger partial charge in [0.05, 0.1) is 0 Å². The number of aromatic nitrogens is 2. The van der Waals surface area contributed by atoms with E-state index >= 15 is 0 Å². The van der Waals surface area contributed by atoms with E-state index in [4.69, 9.17) is 11.8 Å². The minimum absolute atomic E-state index is 0.984. The molecule has 74 valence electrons. The molecule has 0 spiro atoms. The number of rotatable bonds is 6. The van der Waals surface area contributed by atoms with E-state index in [9.17, 15) is 0 Å². The van der Waals surface area contributed by atoms with Crippen LogP contribution in [0.5, 0.6) is 0 Å². The molecule has 0 fully saturated rings. The summed E-state index contributed by atoms with van der Waals surface area (Å²) < 4.78 is 1.58. The van der Waals surface area contributed by atoms with Gasteiger partial charge in [-0.1, -0.05) is 32.6 Å². The molecule has 0 aliphatic heterocycles. The predicted octanol–water partition coefficient (Wildman–Crippen LogP) is 3.40. The summed E-state index contributed by atoms with van der Waals surface area (Å²) in [5.74, 6) is 0.984. The molecular weight excluding hydrogens is 184 g/mol. The summed E-state index contributed by atoms with van der Waals surface area (Å²) >= 11 is 5.83. The van der Waals surface area contributed by atoms with E-state index < -0.39 is 0 Å². The van der Waals surface area contributed by atoms with Crippen molar-refractivity contribution in [3.05, 3.63) is 18.2 Å². The second-order valence-corrected chi connectivity index (χ2v) is 3.68. The van der Waals surface area contributed by atoms with Gasteiger partial charge in [0, 0.05) is 30.6 Å². The highest BCUT2D eigenvalue weighted by molar-refractivity contribution is 6.15. The van der Waals surface area contributed by atoms with Crippen LogP contribution in [0, 0.1) is 0 Å². The Morgan fingerprint density at radius 3 is 2.69 bits per heavy atom. The van der Waals surface area contributed by atoms with Gasteiger partial charge in [-0.3, -0.25) is 0 Å². The molecule has 1 rings (SSSR count). The van der Waals surface area contributed by atoms with Gasteiger partial charge in [-0.25, -0.2) is 9.07 Å². The van der Waals surface area contributed by atoms with Gasteiger partial charge in [0.25, 0.3) is 0 Å². The summed E-state index contributed by atoms with van der Waals surface area (Å²) in [6.45, 7) is 2.23. The van der Waals surface area contributed by atoms with Gasteiger partial charge in [-0.15, -0.1) is 0 Å². The third-order valence-electron chi connectivity index (χ3n) is 2.17. The number of unbranched alkanes of at least 4 members (excludes halogenated alkanes) is 4. The molecule has 13 heavy (non-hydrogen) atoms. The molecule has 0 aliphatic carbocycles. The van der Waals surface area contributed by atoms with Crippen molar-refractivity contribution in [2.45, 2.75) is 45.4 Å². The van der Waals surface area contributed by atoms with E-state index in [-0.39, 0.29) is 0 Å². The average Bonchev–Trinajstić information content (AvgIpc) is 2.52. The molecule has 0 bridgehead atoms. The van der Waals surface area contributed by atoms with Gasteiger partial charge in [0.15, 0.2) is 0 Å². The molecule has 0 atom stereocenters. The van der Waals surface area contributed by atoms with Gasteiger partial charge in [-0.2, -0.15) is 0 Å². The lowest BCUT2D eigenvalue weighted by atomic mass is 10.1. The van der Waals surface area contributed by atoms with E-state index in [1.54, 1.807) is 16.5 Å². The quantitative estimate of drug-likeness (QED) is 0.644. The maximum absolute atomic E-state index is 5.83. The standard InChI is InChI=1S/C10H17ClN2/c1-2-3-4-5-6-7-10-12-8-9-13(10)11/h8-9H,2-7H2,1H3. The number of hydrogen-bond acceptors (Lipinski definition) is 1. The molecule has 0 saturated carbocycles. The molecule has 0 saturated heterocycles. The Balaban J connectivity index is 2.10. The predicted molar refractivity (Wildman–Crippen MR) is 55.9 cm³/mol. The average molecular weight is 201 g/mol. The van der Waals surface area contributed by atoms with Crippen LogP contribution >= 0.6 is 11.8 Å². The van der Waals surface area contributed by atoms with E-state index in [2.05, 4.69) is 11.9 Å². The number of nitrogens with zero attached hydrogens (tertiary/aromatic N) is 2. The third-order valence-corrected chi connectivity index (χ3v) is 2.48. The first-order valence-electron chi connectivity index (χ1n) is 5.03. The van der Waals surface area contributed by atoms with E-state index in [0.29, 0.717) is 0 Å². The normalized spacial score (nSPS) is 10.6. The molecule has 3 heteroatoms. The van der Waals surface area contributed by atoms with E-state index in [1.807, 2.05) is 0 Å². The van der Waals surface area contributed by atoms with Crippen LogP contribution in [0.25, 0.3) is 0 Å². The van der Waals surface area contributed by atoms with Crippen LogP contribution in [-0.4, -0.2) is 9.07 Å². The van der Waals surface area contributed by atoms with Gasteiger partial charge in [0.2, 0.25) is 0 Å². The van der Waals surface area contributed by atoms with Crippen molar-refractivity contribution in [3.63, 3.8) is 0 Å². The Bertz CT molecular complexity index is 233. The molecule has 0 aromatic carbocycles. The molecule has 0 aliphatic rings. The van der Waals surface area contributed by atoms with E-state index in [1.165, 1.54) is 32.1 Å². The summed E-state index contributed by atoms with van der Waals surface area (Å²) in [5.41, 5.74) is 0. The minimum Gasteiger partial charge on any atom is -0.246 e. The number of aryl methyl sites for hydroxylation is 1. The zero-order valence-corrected chi connectivity index (χ0v) is 8.93. The van der Waals surface area contributed by atoms with Crippen molar-refractivity contribution in [3.8, 4) is 0 Å². The fourth-order valence-electron chi connectivity index (χ4n) is 1.38. The van der Waals surface area contributed by atoms with Gasteiger partial charge < -0.3 is 0 Å². The van der Waals surface area contributed by atoms with Gasteiger partial charge in [0.1, 0.15) is 5.82 Å². The van der Waals surface area contributed by atoms with Crippen molar-refractivity contribution in [1.29, 1.82) is 0 Å². The van der Waals surface area contributed by atoms with Gasteiger partial charge in [-0.05, 0) is 6.42 Å². The molecular formula is C10H17ClN2. The van der Waals surface area contributed by atoms with Crippen LogP contribution in [-0.2, 0) is 6.42 Å². The molecule has 0 N–H and O–H groups in total. The fraction of sp³-hybridized carbons (Fsp3) is 0.700. The van der Waals surface area contributed by atoms with Crippen molar-refractivity contribution >= 4 is 11.8 Å². The zero-order valence-electron chi connectivity index (χ0n) is 8.17. The number of imidazole rings is 1. The molecule has 1 heterocycles. The van der Waals surface area contributed by atoms with Crippen molar-refractivity contribution < 1.29 is 0 Å². The Morgan fingerprint density at radius 1 is 1.31 bits per heavy atom. The highest BCUT2D eigenvalue weighted by Gasteiger charge is 1.99. The Kier molecular flexibility index (Phi) is 4.91. The number of hydrogen-bond donors (Lipinski definition) is 0. The lowest BCUT2D eigenvalue weighted by Crippen LogP contribution is -1.93. The Labute approximate surface area is 85.0 Å². The monoisotopic (exact) mass is 200 g/mol.